The van der Waals surface area contributed by atoms with Gasteiger partial charge in [-0.3, -0.25) is 4.90 Å². The van der Waals surface area contributed by atoms with Crippen LogP contribution in [0.5, 0.6) is 17.2 Å². The molecular formula is C23H26N2O3. The summed E-state index contributed by atoms with van der Waals surface area (Å²) in [7, 11) is 1.73. The third-order valence-electron chi connectivity index (χ3n) is 5.99. The third kappa shape index (κ3) is 3.20. The first-order chi connectivity index (χ1) is 13.8. The van der Waals surface area contributed by atoms with Gasteiger partial charge >= 0.3 is 0 Å². The van der Waals surface area contributed by atoms with Gasteiger partial charge in [0, 0.05) is 29.2 Å². The van der Waals surface area contributed by atoms with Crippen LogP contribution in [0.3, 0.4) is 0 Å². The number of benzene rings is 2. The van der Waals surface area contributed by atoms with E-state index in [9.17, 15) is 0 Å². The number of methoxy groups -OCH3 is 1. The molecule has 146 valence electrons. The summed E-state index contributed by atoms with van der Waals surface area (Å²) in [5.41, 5.74) is 3.83. The molecule has 0 amide bonds. The number of hydrogen-bond donors (Lipinski definition) is 1. The smallest absolute Gasteiger partial charge is 0.165 e. The van der Waals surface area contributed by atoms with Crippen molar-refractivity contribution in [1.82, 2.24) is 9.88 Å². The molecule has 0 spiro atoms. The van der Waals surface area contributed by atoms with Crippen LogP contribution in [0.4, 0.5) is 0 Å². The second kappa shape index (κ2) is 7.40. The molecule has 3 aromatic rings. The SMILES string of the molecule is COc1ccc2[nH]cc(C3CCN(Cc4cccc5c4OCCO5)CC3)c2c1. The Hall–Kier alpha value is -2.66. The van der Waals surface area contributed by atoms with Gasteiger partial charge in [0.1, 0.15) is 19.0 Å². The zero-order valence-electron chi connectivity index (χ0n) is 16.2. The molecule has 3 heterocycles. The molecule has 1 fully saturated rings. The van der Waals surface area contributed by atoms with Crippen molar-refractivity contribution in [2.24, 2.45) is 0 Å². The van der Waals surface area contributed by atoms with Crippen LogP contribution in [0.1, 0.15) is 29.9 Å². The highest BCUT2D eigenvalue weighted by Crippen LogP contribution is 2.37. The third-order valence-corrected chi connectivity index (χ3v) is 5.99. The second-order valence-corrected chi connectivity index (χ2v) is 7.65. The quantitative estimate of drug-likeness (QED) is 0.734. The number of nitrogens with zero attached hydrogens (tertiary/aromatic N) is 1. The van der Waals surface area contributed by atoms with Gasteiger partial charge < -0.3 is 19.2 Å². The van der Waals surface area contributed by atoms with E-state index in [2.05, 4.69) is 40.3 Å². The number of nitrogens with one attached hydrogen (secondary N) is 1. The van der Waals surface area contributed by atoms with Crippen molar-refractivity contribution in [2.45, 2.75) is 25.3 Å². The van der Waals surface area contributed by atoms with Crippen molar-refractivity contribution in [3.8, 4) is 17.2 Å². The lowest BCUT2D eigenvalue weighted by Gasteiger charge is -2.32. The summed E-state index contributed by atoms with van der Waals surface area (Å²) in [5.74, 6) is 3.31. The normalized spacial score (nSPS) is 17.8. The van der Waals surface area contributed by atoms with Crippen LogP contribution >= 0.6 is 0 Å². The number of fused-ring (bicyclic) bond motifs is 2. The van der Waals surface area contributed by atoms with Crippen LogP contribution in [-0.4, -0.2) is 43.3 Å². The molecule has 5 heteroatoms. The summed E-state index contributed by atoms with van der Waals surface area (Å²) in [6.07, 6.45) is 4.51. The number of hydrogen-bond acceptors (Lipinski definition) is 4. The van der Waals surface area contributed by atoms with Crippen molar-refractivity contribution in [3.63, 3.8) is 0 Å². The van der Waals surface area contributed by atoms with Crippen LogP contribution in [-0.2, 0) is 6.54 Å². The summed E-state index contributed by atoms with van der Waals surface area (Å²) < 4.78 is 17.0. The lowest BCUT2D eigenvalue weighted by Crippen LogP contribution is -2.32. The van der Waals surface area contributed by atoms with Gasteiger partial charge in [-0.15, -0.1) is 0 Å². The Morgan fingerprint density at radius 1 is 1.11 bits per heavy atom. The highest BCUT2D eigenvalue weighted by molar-refractivity contribution is 5.85. The summed E-state index contributed by atoms with van der Waals surface area (Å²) in [6, 6.07) is 12.5. The minimum atomic E-state index is 0.585. The average Bonchev–Trinajstić information content (AvgIpc) is 3.18. The van der Waals surface area contributed by atoms with E-state index in [1.807, 2.05) is 12.1 Å². The van der Waals surface area contributed by atoms with Crippen LogP contribution in [0.2, 0.25) is 0 Å². The molecule has 0 aliphatic carbocycles. The zero-order chi connectivity index (χ0) is 18.9. The lowest BCUT2D eigenvalue weighted by atomic mass is 9.89. The predicted octanol–water partition coefficient (Wildman–Crippen LogP) is 4.33. The van der Waals surface area contributed by atoms with E-state index in [1.54, 1.807) is 7.11 Å². The predicted molar refractivity (Wildman–Crippen MR) is 110 cm³/mol. The fraction of sp³-hybridized carbons (Fsp3) is 0.391. The van der Waals surface area contributed by atoms with Gasteiger partial charge in [-0.05, 0) is 61.7 Å². The van der Waals surface area contributed by atoms with E-state index in [0.29, 0.717) is 19.1 Å². The summed E-state index contributed by atoms with van der Waals surface area (Å²) in [4.78, 5) is 5.95. The van der Waals surface area contributed by atoms with Gasteiger partial charge in [0.2, 0.25) is 0 Å². The Bertz CT molecular complexity index is 973. The summed E-state index contributed by atoms with van der Waals surface area (Å²) in [6.45, 7) is 4.37. The highest BCUT2D eigenvalue weighted by Gasteiger charge is 2.24. The Balaban J connectivity index is 1.28. The van der Waals surface area contributed by atoms with Crippen LogP contribution in [0, 0.1) is 0 Å². The maximum absolute atomic E-state index is 5.88. The van der Waals surface area contributed by atoms with Gasteiger partial charge in [0.25, 0.3) is 0 Å². The van der Waals surface area contributed by atoms with Crippen molar-refractivity contribution < 1.29 is 14.2 Å². The number of aromatic nitrogens is 1. The standard InChI is InChI=1S/C23H26N2O3/c1-26-18-5-6-21-19(13-18)20(14-24-21)16-7-9-25(10-8-16)15-17-3-2-4-22-23(17)28-12-11-27-22/h2-6,13-14,16,24H,7-12,15H2,1H3. The molecule has 1 saturated heterocycles. The Morgan fingerprint density at radius 3 is 2.82 bits per heavy atom. The molecule has 0 atom stereocenters. The first-order valence-electron chi connectivity index (χ1n) is 10.1. The average molecular weight is 378 g/mol. The molecule has 2 aromatic carbocycles. The molecule has 0 unspecified atom stereocenters. The van der Waals surface area contributed by atoms with Crippen molar-refractivity contribution >= 4 is 10.9 Å². The molecular weight excluding hydrogens is 352 g/mol. The van der Waals surface area contributed by atoms with E-state index < -0.39 is 0 Å². The Morgan fingerprint density at radius 2 is 1.96 bits per heavy atom. The molecule has 1 N–H and O–H groups in total. The van der Waals surface area contributed by atoms with Gasteiger partial charge in [0.15, 0.2) is 11.5 Å². The summed E-state index contributed by atoms with van der Waals surface area (Å²) >= 11 is 0. The number of H-pyrrole nitrogens is 1. The fourth-order valence-corrected chi connectivity index (χ4v) is 4.49. The van der Waals surface area contributed by atoms with Crippen LogP contribution in [0.25, 0.3) is 10.9 Å². The van der Waals surface area contributed by atoms with Crippen molar-refractivity contribution in [3.05, 3.63) is 53.7 Å². The minimum absolute atomic E-state index is 0.585. The molecule has 2 aliphatic heterocycles. The fourth-order valence-electron chi connectivity index (χ4n) is 4.49. The van der Waals surface area contributed by atoms with E-state index >= 15 is 0 Å². The molecule has 2 aliphatic rings. The molecule has 1 aromatic heterocycles. The number of piperidine rings is 1. The monoisotopic (exact) mass is 378 g/mol. The van der Waals surface area contributed by atoms with Gasteiger partial charge in [-0.2, -0.15) is 0 Å². The molecule has 0 bridgehead atoms. The maximum atomic E-state index is 5.88. The van der Waals surface area contributed by atoms with Crippen LogP contribution in [0.15, 0.2) is 42.6 Å². The van der Waals surface area contributed by atoms with E-state index in [-0.39, 0.29) is 0 Å². The first-order valence-corrected chi connectivity index (χ1v) is 10.1. The number of aromatic amines is 1. The largest absolute Gasteiger partial charge is 0.497 e. The van der Waals surface area contributed by atoms with E-state index in [1.165, 1.54) is 22.0 Å². The molecule has 0 saturated carbocycles. The summed E-state index contributed by atoms with van der Waals surface area (Å²) in [5, 5.41) is 1.29. The van der Waals surface area contributed by atoms with E-state index in [4.69, 9.17) is 14.2 Å². The number of rotatable bonds is 4. The molecule has 5 nitrogen and oxygen atoms in total. The topological polar surface area (TPSA) is 46.7 Å². The maximum Gasteiger partial charge on any atom is 0.165 e. The Kier molecular flexibility index (Phi) is 4.61. The molecule has 28 heavy (non-hydrogen) atoms. The lowest BCUT2D eigenvalue weighted by molar-refractivity contribution is 0.162. The van der Waals surface area contributed by atoms with E-state index in [0.717, 1.165) is 49.7 Å². The zero-order valence-corrected chi connectivity index (χ0v) is 16.2. The number of ether oxygens (including phenoxy) is 3. The highest BCUT2D eigenvalue weighted by atomic mass is 16.6. The second-order valence-electron chi connectivity index (χ2n) is 7.65. The first kappa shape index (κ1) is 17.4. The molecule has 0 radical (unpaired) electrons. The minimum Gasteiger partial charge on any atom is -0.497 e. The molecule has 5 rings (SSSR count). The van der Waals surface area contributed by atoms with Gasteiger partial charge in [-0.1, -0.05) is 12.1 Å². The van der Waals surface area contributed by atoms with Gasteiger partial charge in [-0.25, -0.2) is 0 Å². The van der Waals surface area contributed by atoms with Crippen LogP contribution < -0.4 is 14.2 Å². The van der Waals surface area contributed by atoms with Crippen molar-refractivity contribution in [2.75, 3.05) is 33.4 Å². The van der Waals surface area contributed by atoms with Crippen molar-refractivity contribution in [1.29, 1.82) is 0 Å². The number of para-hydroxylation sites is 1. The number of likely N-dealkylation sites (tertiary alicyclic amines) is 1. The van der Waals surface area contributed by atoms with Gasteiger partial charge in [0.05, 0.1) is 7.11 Å². The Labute approximate surface area is 165 Å².